The molecule has 0 bridgehead atoms. The van der Waals surface area contributed by atoms with E-state index in [9.17, 15) is 9.90 Å². The molecule has 6 nitrogen and oxygen atoms in total. The van der Waals surface area contributed by atoms with Crippen molar-refractivity contribution < 1.29 is 19.4 Å². The fourth-order valence-corrected chi connectivity index (χ4v) is 2.06. The van der Waals surface area contributed by atoms with Crippen molar-refractivity contribution in [2.45, 2.75) is 12.5 Å². The number of hydrogen-bond donors (Lipinski definition) is 1. The minimum atomic E-state index is -0.130. The monoisotopic (exact) mass is 266 g/mol. The quantitative estimate of drug-likeness (QED) is 0.867. The summed E-state index contributed by atoms with van der Waals surface area (Å²) in [6.45, 7) is 2.22. The van der Waals surface area contributed by atoms with Gasteiger partial charge in [-0.3, -0.25) is 9.78 Å². The predicted molar refractivity (Wildman–Crippen MR) is 68.0 cm³/mol. The number of aromatic hydroxyl groups is 1. The fourth-order valence-electron chi connectivity index (χ4n) is 2.06. The number of methoxy groups -OCH3 is 1. The average Bonchev–Trinajstić information content (AvgIpc) is 2.44. The van der Waals surface area contributed by atoms with Crippen molar-refractivity contribution in [3.8, 4) is 5.75 Å². The Bertz CT molecular complexity index is 438. The molecule has 1 saturated heterocycles. The first-order valence-electron chi connectivity index (χ1n) is 6.24. The number of amides is 1. The zero-order valence-corrected chi connectivity index (χ0v) is 10.9. The third-order valence-electron chi connectivity index (χ3n) is 3.04. The van der Waals surface area contributed by atoms with Crippen LogP contribution in [0.3, 0.4) is 0 Å². The highest BCUT2D eigenvalue weighted by Crippen LogP contribution is 2.15. The van der Waals surface area contributed by atoms with Gasteiger partial charge in [-0.25, -0.2) is 0 Å². The van der Waals surface area contributed by atoms with Crippen LogP contribution in [-0.2, 0) is 9.47 Å². The number of nitrogens with zero attached hydrogens (tertiary/aromatic N) is 2. The molecule has 0 radical (unpaired) electrons. The Labute approximate surface area is 112 Å². The number of aromatic nitrogens is 1. The summed E-state index contributed by atoms with van der Waals surface area (Å²) in [6.07, 6.45) is 3.53. The minimum Gasteiger partial charge on any atom is -0.506 e. The molecule has 1 fully saturated rings. The topological polar surface area (TPSA) is 71.9 Å². The van der Waals surface area contributed by atoms with Gasteiger partial charge in [0.1, 0.15) is 5.75 Å². The lowest BCUT2D eigenvalue weighted by Crippen LogP contribution is -2.46. The smallest absolute Gasteiger partial charge is 0.255 e. The Kier molecular flexibility index (Phi) is 4.70. The van der Waals surface area contributed by atoms with Crippen LogP contribution in [0.4, 0.5) is 0 Å². The lowest BCUT2D eigenvalue weighted by Gasteiger charge is -2.32. The molecule has 1 aromatic heterocycles. The molecule has 19 heavy (non-hydrogen) atoms. The van der Waals surface area contributed by atoms with Crippen molar-refractivity contribution in [2.24, 2.45) is 0 Å². The van der Waals surface area contributed by atoms with Crippen LogP contribution in [0.15, 0.2) is 18.5 Å². The highest BCUT2D eigenvalue weighted by atomic mass is 16.5. The maximum atomic E-state index is 12.3. The van der Waals surface area contributed by atoms with Crippen molar-refractivity contribution in [1.82, 2.24) is 9.88 Å². The second kappa shape index (κ2) is 6.49. The van der Waals surface area contributed by atoms with E-state index in [4.69, 9.17) is 9.47 Å². The van der Waals surface area contributed by atoms with Crippen LogP contribution in [0, 0.1) is 0 Å². The van der Waals surface area contributed by atoms with E-state index in [1.54, 1.807) is 12.0 Å². The van der Waals surface area contributed by atoms with Crippen LogP contribution < -0.4 is 0 Å². The van der Waals surface area contributed by atoms with Gasteiger partial charge in [0.15, 0.2) is 0 Å². The second-order valence-corrected chi connectivity index (χ2v) is 4.46. The lowest BCUT2D eigenvalue weighted by atomic mass is 10.1. The number of carbonyl (C=O) groups excluding carboxylic acids is 1. The summed E-state index contributed by atoms with van der Waals surface area (Å²) in [4.78, 5) is 17.8. The Hall–Kier alpha value is -1.66. The molecule has 0 aromatic carbocycles. The van der Waals surface area contributed by atoms with E-state index < -0.39 is 0 Å². The van der Waals surface area contributed by atoms with Gasteiger partial charge in [0.25, 0.3) is 5.91 Å². The molecule has 2 rings (SSSR count). The summed E-state index contributed by atoms with van der Waals surface area (Å²) in [5.41, 5.74) is 0.396. The molecule has 2 heterocycles. The van der Waals surface area contributed by atoms with Gasteiger partial charge >= 0.3 is 0 Å². The molecule has 1 unspecified atom stereocenters. The molecule has 0 saturated carbocycles. The molecule has 1 N–H and O–H groups in total. The lowest BCUT2D eigenvalue weighted by molar-refractivity contribution is -0.0333. The SMILES string of the molecule is COCCC1CN(C(=O)c2cncc(O)c2)CCO1. The first-order chi connectivity index (χ1) is 9.20. The normalized spacial score (nSPS) is 19.4. The third kappa shape index (κ3) is 3.65. The second-order valence-electron chi connectivity index (χ2n) is 4.46. The van der Waals surface area contributed by atoms with Crippen LogP contribution >= 0.6 is 0 Å². The van der Waals surface area contributed by atoms with E-state index in [1.165, 1.54) is 18.5 Å². The molecule has 0 spiro atoms. The number of pyridine rings is 1. The first kappa shape index (κ1) is 13.8. The van der Waals surface area contributed by atoms with Crippen molar-refractivity contribution in [3.05, 3.63) is 24.0 Å². The molecule has 0 aliphatic carbocycles. The van der Waals surface area contributed by atoms with Crippen LogP contribution in [0.1, 0.15) is 16.8 Å². The number of hydrogen-bond acceptors (Lipinski definition) is 5. The maximum Gasteiger partial charge on any atom is 0.255 e. The van der Waals surface area contributed by atoms with Gasteiger partial charge in [-0.05, 0) is 12.5 Å². The van der Waals surface area contributed by atoms with E-state index in [0.29, 0.717) is 31.9 Å². The van der Waals surface area contributed by atoms with E-state index in [2.05, 4.69) is 4.98 Å². The molecule has 1 atom stereocenters. The number of rotatable bonds is 4. The molecular formula is C13H18N2O4. The Morgan fingerprint density at radius 1 is 1.63 bits per heavy atom. The molecule has 1 amide bonds. The number of ether oxygens (including phenoxy) is 2. The fraction of sp³-hybridized carbons (Fsp3) is 0.538. The number of morpholine rings is 1. The summed E-state index contributed by atoms with van der Waals surface area (Å²) in [5, 5.41) is 9.35. The van der Waals surface area contributed by atoms with E-state index >= 15 is 0 Å². The van der Waals surface area contributed by atoms with Gasteiger partial charge in [-0.2, -0.15) is 0 Å². The third-order valence-corrected chi connectivity index (χ3v) is 3.04. The molecule has 1 aromatic rings. The van der Waals surface area contributed by atoms with Gasteiger partial charge in [-0.15, -0.1) is 0 Å². The standard InChI is InChI=1S/C13H18N2O4/c1-18-4-2-12-9-15(3-5-19-12)13(17)10-6-11(16)8-14-7-10/h6-8,12,16H,2-5,9H2,1H3. The molecular weight excluding hydrogens is 248 g/mol. The zero-order chi connectivity index (χ0) is 13.7. The van der Waals surface area contributed by atoms with E-state index in [0.717, 1.165) is 6.42 Å². The average molecular weight is 266 g/mol. The van der Waals surface area contributed by atoms with Crippen molar-refractivity contribution in [1.29, 1.82) is 0 Å². The van der Waals surface area contributed by atoms with Crippen LogP contribution in [0.25, 0.3) is 0 Å². The zero-order valence-electron chi connectivity index (χ0n) is 10.9. The maximum absolute atomic E-state index is 12.3. The van der Waals surface area contributed by atoms with Gasteiger partial charge in [0.2, 0.25) is 0 Å². The summed E-state index contributed by atoms with van der Waals surface area (Å²) < 4.78 is 10.6. The van der Waals surface area contributed by atoms with Gasteiger partial charge in [0.05, 0.1) is 24.5 Å². The van der Waals surface area contributed by atoms with Crippen LogP contribution in [0.2, 0.25) is 0 Å². The van der Waals surface area contributed by atoms with Crippen LogP contribution in [-0.4, -0.2) is 60.4 Å². The van der Waals surface area contributed by atoms with Crippen molar-refractivity contribution in [3.63, 3.8) is 0 Å². The van der Waals surface area contributed by atoms with Gasteiger partial charge in [-0.1, -0.05) is 0 Å². The summed E-state index contributed by atoms with van der Waals surface area (Å²) >= 11 is 0. The predicted octanol–water partition coefficient (Wildman–Crippen LogP) is 0.665. The van der Waals surface area contributed by atoms with Crippen LogP contribution in [0.5, 0.6) is 5.75 Å². The van der Waals surface area contributed by atoms with E-state index in [1.807, 2.05) is 0 Å². The van der Waals surface area contributed by atoms with E-state index in [-0.39, 0.29) is 17.8 Å². The van der Waals surface area contributed by atoms with Crippen molar-refractivity contribution >= 4 is 5.91 Å². The number of carbonyl (C=O) groups is 1. The Balaban J connectivity index is 1.99. The summed E-state index contributed by atoms with van der Waals surface area (Å²) in [6, 6.07) is 1.43. The summed E-state index contributed by atoms with van der Waals surface area (Å²) in [7, 11) is 1.64. The largest absolute Gasteiger partial charge is 0.506 e. The van der Waals surface area contributed by atoms with Gasteiger partial charge < -0.3 is 19.5 Å². The Morgan fingerprint density at radius 2 is 2.47 bits per heavy atom. The molecule has 6 heteroatoms. The minimum absolute atomic E-state index is 0.00270. The Morgan fingerprint density at radius 3 is 3.21 bits per heavy atom. The highest BCUT2D eigenvalue weighted by Gasteiger charge is 2.25. The molecule has 104 valence electrons. The van der Waals surface area contributed by atoms with Gasteiger partial charge in [0, 0.05) is 33.0 Å². The molecule has 1 aliphatic heterocycles. The highest BCUT2D eigenvalue weighted by molar-refractivity contribution is 5.94. The first-order valence-corrected chi connectivity index (χ1v) is 6.24. The molecule has 1 aliphatic rings. The summed E-state index contributed by atoms with van der Waals surface area (Å²) in [5.74, 6) is -0.135. The van der Waals surface area contributed by atoms with Crippen molar-refractivity contribution in [2.75, 3.05) is 33.4 Å².